The Morgan fingerprint density at radius 1 is 1.45 bits per heavy atom. The minimum atomic E-state index is -0.947. The monoisotopic (exact) mass is 416 g/mol. The van der Waals surface area contributed by atoms with E-state index in [4.69, 9.17) is 15.9 Å². The largest absolute Gasteiger partial charge is 0.465 e. The zero-order chi connectivity index (χ0) is 15.7. The number of nitrogens with one attached hydrogen (secondary N) is 1. The predicted octanol–water partition coefficient (Wildman–Crippen LogP) is 2.32. The molecule has 2 heterocycles. The molecule has 0 aromatic heterocycles. The highest BCUT2D eigenvalue weighted by Gasteiger charge is 2.44. The van der Waals surface area contributed by atoms with Crippen LogP contribution < -0.4 is 11.2 Å². The predicted molar refractivity (Wildman–Crippen MR) is 92.0 cm³/mol. The Morgan fingerprint density at radius 3 is 2.86 bits per heavy atom. The first-order valence-electron chi connectivity index (χ1n) is 7.35. The maximum absolute atomic E-state index is 10.6. The smallest absolute Gasteiger partial charge is 0.404 e. The molecule has 0 aromatic rings. The van der Waals surface area contributed by atoms with Gasteiger partial charge in [-0.1, -0.05) is 0 Å². The second-order valence-electron chi connectivity index (χ2n) is 5.91. The average molecular weight is 416 g/mol. The number of fused-ring (bicyclic) bond motifs is 1. The van der Waals surface area contributed by atoms with E-state index < -0.39 is 6.09 Å². The molecule has 1 unspecified atom stereocenters. The molecule has 118 valence electrons. The van der Waals surface area contributed by atoms with Gasteiger partial charge in [0.2, 0.25) is 5.70 Å². The molecule has 0 aromatic carbocycles. The number of carbonyl (C=O) groups is 1. The van der Waals surface area contributed by atoms with E-state index in [2.05, 4.69) is 32.9 Å². The molecular weight excluding hydrogens is 397 g/mol. The lowest BCUT2D eigenvalue weighted by Gasteiger charge is -2.28. The van der Waals surface area contributed by atoms with Gasteiger partial charge in [-0.25, -0.2) is 4.79 Å². The van der Waals surface area contributed by atoms with E-state index >= 15 is 0 Å². The normalized spacial score (nSPS) is 33.6. The molecule has 3 aliphatic rings. The van der Waals surface area contributed by atoms with Crippen molar-refractivity contribution in [2.24, 2.45) is 27.7 Å². The summed E-state index contributed by atoms with van der Waals surface area (Å²) in [6.07, 6.45) is 8.44. The summed E-state index contributed by atoms with van der Waals surface area (Å²) < 4.78 is 0.958. The maximum atomic E-state index is 10.6. The lowest BCUT2D eigenvalue weighted by molar-refractivity contribution is -0.745. The lowest BCUT2D eigenvalue weighted by Crippen LogP contribution is -2.50. The molecule has 1 aliphatic carbocycles. The number of amides is 1. The Kier molecular flexibility index (Phi) is 4.33. The van der Waals surface area contributed by atoms with Crippen LogP contribution in [0.3, 0.4) is 0 Å². The van der Waals surface area contributed by atoms with Gasteiger partial charge in [0, 0.05) is 12.5 Å². The fourth-order valence-electron chi connectivity index (χ4n) is 3.26. The highest BCUT2D eigenvalue weighted by molar-refractivity contribution is 14.1. The average Bonchev–Trinajstić information content (AvgIpc) is 2.78. The van der Waals surface area contributed by atoms with Crippen LogP contribution in [-0.4, -0.2) is 32.4 Å². The van der Waals surface area contributed by atoms with Gasteiger partial charge in [-0.15, -0.1) is 4.59 Å². The van der Waals surface area contributed by atoms with Gasteiger partial charge in [0.15, 0.2) is 0 Å². The van der Waals surface area contributed by atoms with Gasteiger partial charge in [-0.2, -0.15) is 10.8 Å². The molecule has 4 N–H and O–H groups in total. The molecule has 0 radical (unpaired) electrons. The van der Waals surface area contributed by atoms with Crippen molar-refractivity contribution in [2.45, 2.75) is 25.7 Å². The molecule has 7 nitrogen and oxygen atoms in total. The number of amidine groups is 1. The maximum Gasteiger partial charge on any atom is 0.404 e. The number of hydrogen-bond donors (Lipinski definition) is 3. The Bertz CT molecular complexity index is 604. The van der Waals surface area contributed by atoms with E-state index in [1.54, 1.807) is 6.20 Å². The van der Waals surface area contributed by atoms with E-state index in [0.29, 0.717) is 18.4 Å². The Hall–Kier alpha value is -1.26. The van der Waals surface area contributed by atoms with Crippen molar-refractivity contribution in [3.8, 4) is 0 Å². The summed E-state index contributed by atoms with van der Waals surface area (Å²) in [7, 11) is 0. The third kappa shape index (κ3) is 2.82. The Labute approximate surface area is 142 Å². The standard InChI is InChI=1S/C14H18IN5O2/c15-13-19-12(11-8-17-5-6-20(11,13)16)10-3-1-9(2-4-10)7-18-14(21)22/h5-6,8-10,18H,1-4,7,16H2/p+1. The fraction of sp³-hybridized carbons (Fsp3) is 0.500. The molecule has 2 aliphatic heterocycles. The Morgan fingerprint density at radius 2 is 2.18 bits per heavy atom. The first-order chi connectivity index (χ1) is 10.5. The quantitative estimate of drug-likeness (QED) is 0.285. The summed E-state index contributed by atoms with van der Waals surface area (Å²) in [5.41, 5.74) is 2.00. The zero-order valence-corrected chi connectivity index (χ0v) is 14.2. The van der Waals surface area contributed by atoms with Gasteiger partial charge in [0.25, 0.3) is 3.84 Å². The highest BCUT2D eigenvalue weighted by atomic mass is 127. The summed E-state index contributed by atoms with van der Waals surface area (Å²) in [5.74, 6) is 7.19. The zero-order valence-electron chi connectivity index (χ0n) is 12.1. The van der Waals surface area contributed by atoms with Gasteiger partial charge >= 0.3 is 6.09 Å². The van der Waals surface area contributed by atoms with E-state index in [0.717, 1.165) is 40.9 Å². The summed E-state index contributed by atoms with van der Waals surface area (Å²) in [4.78, 5) is 19.5. The number of carboxylic acid groups (broad SMARTS) is 1. The van der Waals surface area contributed by atoms with Crippen LogP contribution in [0.15, 0.2) is 33.8 Å². The molecule has 1 fully saturated rings. The molecular formula is C14H19IN5O2+. The summed E-state index contributed by atoms with van der Waals surface area (Å²) in [6.45, 7) is 0.538. The number of nitrogens with two attached hydrogens (primary N) is 1. The molecule has 0 bridgehead atoms. The second-order valence-corrected chi connectivity index (χ2v) is 6.87. The second kappa shape index (κ2) is 6.09. The van der Waals surface area contributed by atoms with Crippen LogP contribution in [0.1, 0.15) is 25.7 Å². The molecule has 1 atom stereocenters. The van der Waals surface area contributed by atoms with E-state index in [1.807, 2.05) is 12.4 Å². The summed E-state index contributed by atoms with van der Waals surface area (Å²) in [5, 5.41) is 11.2. The van der Waals surface area contributed by atoms with Crippen molar-refractivity contribution < 1.29 is 14.5 Å². The molecule has 1 amide bonds. The van der Waals surface area contributed by atoms with Crippen molar-refractivity contribution in [3.05, 3.63) is 23.8 Å². The van der Waals surface area contributed by atoms with E-state index in [9.17, 15) is 4.79 Å². The molecule has 22 heavy (non-hydrogen) atoms. The molecule has 0 spiro atoms. The molecule has 3 rings (SSSR count). The summed E-state index contributed by atoms with van der Waals surface area (Å²) >= 11 is 2.19. The third-order valence-electron chi connectivity index (χ3n) is 4.54. The number of allylic oxidation sites excluding steroid dienone is 2. The molecule has 8 heteroatoms. The fourth-order valence-corrected chi connectivity index (χ4v) is 3.94. The van der Waals surface area contributed by atoms with Crippen LogP contribution in [0.5, 0.6) is 0 Å². The number of halogens is 1. The summed E-state index contributed by atoms with van der Waals surface area (Å²) in [6, 6.07) is 0. The Balaban J connectivity index is 1.69. The van der Waals surface area contributed by atoms with Gasteiger partial charge in [-0.3, -0.25) is 4.99 Å². The van der Waals surface area contributed by atoms with Crippen molar-refractivity contribution in [1.29, 1.82) is 0 Å². The topological polar surface area (TPSA) is 100 Å². The SMILES string of the molecule is N[N+]12C=CN=CC1=C(C1CCC(CNC(=O)O)CC1)N=C2I. The molecule has 0 saturated heterocycles. The van der Waals surface area contributed by atoms with Gasteiger partial charge in [-0.05, 0) is 31.6 Å². The number of nitrogens with zero attached hydrogens (tertiary/aromatic N) is 3. The van der Waals surface area contributed by atoms with Crippen LogP contribution in [0.2, 0.25) is 0 Å². The van der Waals surface area contributed by atoms with Crippen LogP contribution in [0.4, 0.5) is 4.79 Å². The lowest BCUT2D eigenvalue weighted by atomic mass is 9.80. The van der Waals surface area contributed by atoms with E-state index in [-0.39, 0.29) is 4.59 Å². The van der Waals surface area contributed by atoms with Crippen molar-refractivity contribution in [3.63, 3.8) is 0 Å². The van der Waals surface area contributed by atoms with Crippen molar-refractivity contribution >= 4 is 38.7 Å². The number of quaternary nitrogens is 1. The van der Waals surface area contributed by atoms with E-state index in [1.165, 1.54) is 0 Å². The number of aliphatic imine (C=N–C) groups is 2. The van der Waals surface area contributed by atoms with Crippen LogP contribution in [0.25, 0.3) is 0 Å². The number of rotatable bonds is 3. The van der Waals surface area contributed by atoms with Crippen LogP contribution in [0, 0.1) is 11.8 Å². The third-order valence-corrected chi connectivity index (χ3v) is 5.58. The number of hydrogen-bond acceptors (Lipinski definition) is 4. The minimum absolute atomic E-state index is 0.125. The van der Waals surface area contributed by atoms with Crippen LogP contribution >= 0.6 is 22.6 Å². The van der Waals surface area contributed by atoms with Gasteiger partial charge in [0.1, 0.15) is 11.9 Å². The molecule has 1 saturated carbocycles. The van der Waals surface area contributed by atoms with Gasteiger partial charge in [0.05, 0.1) is 35.0 Å². The first kappa shape index (κ1) is 15.6. The minimum Gasteiger partial charge on any atom is -0.465 e. The van der Waals surface area contributed by atoms with Crippen LogP contribution in [-0.2, 0) is 0 Å². The van der Waals surface area contributed by atoms with Crippen molar-refractivity contribution in [2.75, 3.05) is 6.54 Å². The first-order valence-corrected chi connectivity index (χ1v) is 8.43. The van der Waals surface area contributed by atoms with Crippen molar-refractivity contribution in [1.82, 2.24) is 5.32 Å². The highest BCUT2D eigenvalue weighted by Crippen LogP contribution is 2.40. The van der Waals surface area contributed by atoms with Gasteiger partial charge < -0.3 is 10.4 Å².